The standard InChI is InChI=1S/C12H18N4O/c13-8-12(4-1-2-5-12)9-14-11(17)10-3-6-15-16-7-10/h3,6-7H,1-2,4-5,8-9,13H2,(H,14,17). The van der Waals surface area contributed by atoms with Crippen LogP contribution in [0.25, 0.3) is 0 Å². The maximum Gasteiger partial charge on any atom is 0.252 e. The minimum absolute atomic E-state index is 0.0976. The van der Waals surface area contributed by atoms with E-state index in [2.05, 4.69) is 15.5 Å². The van der Waals surface area contributed by atoms with E-state index >= 15 is 0 Å². The maximum atomic E-state index is 11.8. The summed E-state index contributed by atoms with van der Waals surface area (Å²) in [6.45, 7) is 1.30. The zero-order chi connectivity index (χ0) is 12.1. The number of carbonyl (C=O) groups is 1. The van der Waals surface area contributed by atoms with Crippen LogP contribution in [-0.4, -0.2) is 29.2 Å². The van der Waals surface area contributed by atoms with E-state index in [4.69, 9.17) is 5.73 Å². The molecular formula is C12H18N4O. The van der Waals surface area contributed by atoms with Gasteiger partial charge in [0.2, 0.25) is 0 Å². The summed E-state index contributed by atoms with van der Waals surface area (Å²) in [6, 6.07) is 1.66. The Hall–Kier alpha value is -1.49. The van der Waals surface area contributed by atoms with Crippen LogP contribution in [0.15, 0.2) is 18.5 Å². The highest BCUT2D eigenvalue weighted by Crippen LogP contribution is 2.36. The molecule has 0 aromatic carbocycles. The fourth-order valence-electron chi connectivity index (χ4n) is 2.37. The Labute approximate surface area is 101 Å². The molecule has 2 rings (SSSR count). The van der Waals surface area contributed by atoms with Crippen LogP contribution in [0, 0.1) is 5.41 Å². The summed E-state index contributed by atoms with van der Waals surface area (Å²) in [7, 11) is 0. The van der Waals surface area contributed by atoms with Crippen molar-refractivity contribution in [3.05, 3.63) is 24.0 Å². The van der Waals surface area contributed by atoms with Crippen molar-refractivity contribution in [2.24, 2.45) is 11.1 Å². The van der Waals surface area contributed by atoms with Gasteiger partial charge in [-0.2, -0.15) is 10.2 Å². The molecule has 1 aliphatic carbocycles. The summed E-state index contributed by atoms with van der Waals surface area (Å²) in [6.07, 6.45) is 7.63. The minimum Gasteiger partial charge on any atom is -0.351 e. The summed E-state index contributed by atoms with van der Waals surface area (Å²) in [5, 5.41) is 10.3. The van der Waals surface area contributed by atoms with Crippen molar-refractivity contribution < 1.29 is 4.79 Å². The number of amides is 1. The van der Waals surface area contributed by atoms with Gasteiger partial charge in [-0.25, -0.2) is 0 Å². The number of carbonyl (C=O) groups excluding carboxylic acids is 1. The molecule has 17 heavy (non-hydrogen) atoms. The van der Waals surface area contributed by atoms with E-state index < -0.39 is 0 Å². The molecule has 92 valence electrons. The highest BCUT2D eigenvalue weighted by Gasteiger charge is 2.32. The molecule has 0 spiro atoms. The molecule has 1 fully saturated rings. The lowest BCUT2D eigenvalue weighted by atomic mass is 9.86. The first-order valence-corrected chi connectivity index (χ1v) is 6.01. The number of nitrogens with two attached hydrogens (primary N) is 1. The van der Waals surface area contributed by atoms with Gasteiger partial charge in [-0.3, -0.25) is 4.79 Å². The lowest BCUT2D eigenvalue weighted by molar-refractivity contribution is 0.0931. The van der Waals surface area contributed by atoms with Crippen LogP contribution >= 0.6 is 0 Å². The zero-order valence-electron chi connectivity index (χ0n) is 9.85. The van der Waals surface area contributed by atoms with Crippen LogP contribution in [0.2, 0.25) is 0 Å². The number of nitrogens with one attached hydrogen (secondary N) is 1. The first-order valence-electron chi connectivity index (χ1n) is 6.01. The molecule has 1 aromatic heterocycles. The molecule has 0 unspecified atom stereocenters. The average Bonchev–Trinajstić information content (AvgIpc) is 2.86. The first kappa shape index (κ1) is 12.0. The first-order chi connectivity index (χ1) is 8.26. The van der Waals surface area contributed by atoms with Crippen LogP contribution in [0.4, 0.5) is 0 Å². The maximum absolute atomic E-state index is 11.8. The molecule has 0 atom stereocenters. The second kappa shape index (κ2) is 5.23. The Kier molecular flexibility index (Phi) is 3.68. The fraction of sp³-hybridized carbons (Fsp3) is 0.583. The molecule has 1 saturated carbocycles. The number of aromatic nitrogens is 2. The van der Waals surface area contributed by atoms with Crippen molar-refractivity contribution in [2.45, 2.75) is 25.7 Å². The smallest absolute Gasteiger partial charge is 0.252 e. The van der Waals surface area contributed by atoms with Gasteiger partial charge in [0, 0.05) is 6.54 Å². The van der Waals surface area contributed by atoms with Gasteiger partial charge < -0.3 is 11.1 Å². The van der Waals surface area contributed by atoms with E-state index in [0.29, 0.717) is 18.7 Å². The number of hydrogen-bond acceptors (Lipinski definition) is 4. The van der Waals surface area contributed by atoms with Crippen LogP contribution < -0.4 is 11.1 Å². The Bertz CT molecular complexity index is 373. The van der Waals surface area contributed by atoms with Gasteiger partial charge in [-0.1, -0.05) is 12.8 Å². The molecule has 1 aromatic rings. The van der Waals surface area contributed by atoms with Crippen LogP contribution in [0.5, 0.6) is 0 Å². The number of rotatable bonds is 4. The largest absolute Gasteiger partial charge is 0.351 e. The minimum atomic E-state index is -0.0976. The molecule has 1 heterocycles. The van der Waals surface area contributed by atoms with Gasteiger partial charge in [0.05, 0.1) is 18.0 Å². The molecule has 1 aliphatic rings. The number of hydrogen-bond donors (Lipinski definition) is 2. The molecule has 0 saturated heterocycles. The molecule has 5 nitrogen and oxygen atoms in total. The third-order valence-electron chi connectivity index (χ3n) is 3.57. The van der Waals surface area contributed by atoms with Crippen molar-refractivity contribution >= 4 is 5.91 Å². The highest BCUT2D eigenvalue weighted by atomic mass is 16.1. The number of nitrogens with zero attached hydrogens (tertiary/aromatic N) is 2. The quantitative estimate of drug-likeness (QED) is 0.804. The van der Waals surface area contributed by atoms with Crippen molar-refractivity contribution in [2.75, 3.05) is 13.1 Å². The fourth-order valence-corrected chi connectivity index (χ4v) is 2.37. The Morgan fingerprint density at radius 3 is 2.76 bits per heavy atom. The van der Waals surface area contributed by atoms with Gasteiger partial charge in [0.25, 0.3) is 5.91 Å². The van der Waals surface area contributed by atoms with Crippen molar-refractivity contribution in [3.63, 3.8) is 0 Å². The van der Waals surface area contributed by atoms with E-state index in [1.54, 1.807) is 6.07 Å². The third-order valence-corrected chi connectivity index (χ3v) is 3.57. The van der Waals surface area contributed by atoms with Gasteiger partial charge >= 0.3 is 0 Å². The predicted molar refractivity (Wildman–Crippen MR) is 64.3 cm³/mol. The molecule has 5 heteroatoms. The molecular weight excluding hydrogens is 216 g/mol. The summed E-state index contributed by atoms with van der Waals surface area (Å²) in [5.74, 6) is -0.0976. The summed E-state index contributed by atoms with van der Waals surface area (Å²) >= 11 is 0. The van der Waals surface area contributed by atoms with Gasteiger partial charge in [0.1, 0.15) is 0 Å². The Morgan fingerprint density at radius 1 is 1.41 bits per heavy atom. The molecule has 3 N–H and O–H groups in total. The zero-order valence-corrected chi connectivity index (χ0v) is 9.85. The lowest BCUT2D eigenvalue weighted by Crippen LogP contribution is -2.40. The summed E-state index contributed by atoms with van der Waals surface area (Å²) in [5.41, 5.74) is 6.47. The van der Waals surface area contributed by atoms with Gasteiger partial charge in [-0.05, 0) is 30.9 Å². The average molecular weight is 234 g/mol. The normalized spacial score (nSPS) is 17.9. The monoisotopic (exact) mass is 234 g/mol. The van der Waals surface area contributed by atoms with Crippen LogP contribution in [-0.2, 0) is 0 Å². The Morgan fingerprint density at radius 2 is 2.18 bits per heavy atom. The predicted octanol–water partition coefficient (Wildman–Crippen LogP) is 0.725. The topological polar surface area (TPSA) is 80.9 Å². The van der Waals surface area contributed by atoms with Crippen molar-refractivity contribution in [1.82, 2.24) is 15.5 Å². The van der Waals surface area contributed by atoms with Crippen LogP contribution in [0.3, 0.4) is 0 Å². The van der Waals surface area contributed by atoms with E-state index in [9.17, 15) is 4.79 Å². The van der Waals surface area contributed by atoms with Gasteiger partial charge in [-0.15, -0.1) is 0 Å². The van der Waals surface area contributed by atoms with E-state index in [0.717, 1.165) is 12.8 Å². The molecule has 0 aliphatic heterocycles. The second-order valence-electron chi connectivity index (χ2n) is 4.73. The van der Waals surface area contributed by atoms with Crippen LogP contribution in [0.1, 0.15) is 36.0 Å². The van der Waals surface area contributed by atoms with Crippen molar-refractivity contribution in [3.8, 4) is 0 Å². The molecule has 1 amide bonds. The van der Waals surface area contributed by atoms with Gasteiger partial charge in [0.15, 0.2) is 0 Å². The van der Waals surface area contributed by atoms with E-state index in [-0.39, 0.29) is 11.3 Å². The Balaban J connectivity index is 1.92. The molecule has 0 bridgehead atoms. The second-order valence-corrected chi connectivity index (χ2v) is 4.73. The highest BCUT2D eigenvalue weighted by molar-refractivity contribution is 5.93. The lowest BCUT2D eigenvalue weighted by Gasteiger charge is -2.27. The summed E-state index contributed by atoms with van der Waals surface area (Å²) in [4.78, 5) is 11.8. The van der Waals surface area contributed by atoms with Crippen molar-refractivity contribution in [1.29, 1.82) is 0 Å². The SMILES string of the molecule is NCC1(CNC(=O)c2ccnnc2)CCCC1. The molecule has 0 radical (unpaired) electrons. The summed E-state index contributed by atoms with van der Waals surface area (Å²) < 4.78 is 0. The van der Waals surface area contributed by atoms with E-state index in [1.807, 2.05) is 0 Å². The third kappa shape index (κ3) is 2.79. The van der Waals surface area contributed by atoms with E-state index in [1.165, 1.54) is 25.2 Å².